The summed E-state index contributed by atoms with van der Waals surface area (Å²) in [6.07, 6.45) is 5.15. The Morgan fingerprint density at radius 1 is 1.26 bits per heavy atom. The monoisotopic (exact) mass is 353 g/mol. The minimum Gasteiger partial charge on any atom is -0.359 e. The van der Waals surface area contributed by atoms with Gasteiger partial charge in [0, 0.05) is 11.7 Å². The molecule has 0 spiro atoms. The fourth-order valence-electron chi connectivity index (χ4n) is 3.77. The molecular formula is C16H23N3O2S2. The number of hydrogen-bond donors (Lipinski definition) is 3. The van der Waals surface area contributed by atoms with Crippen molar-refractivity contribution < 1.29 is 8.42 Å². The van der Waals surface area contributed by atoms with E-state index in [1.54, 1.807) is 18.2 Å². The first kappa shape index (κ1) is 16.7. The molecular weight excluding hydrogens is 330 g/mol. The summed E-state index contributed by atoms with van der Waals surface area (Å²) in [4.78, 5) is 0.232. The van der Waals surface area contributed by atoms with E-state index in [4.69, 9.17) is 12.2 Å². The Balaban J connectivity index is 1.69. The van der Waals surface area contributed by atoms with Crippen molar-refractivity contribution in [1.29, 1.82) is 0 Å². The largest absolute Gasteiger partial charge is 0.359 e. The molecule has 0 radical (unpaired) electrons. The highest BCUT2D eigenvalue weighted by molar-refractivity contribution is 7.89. The number of hydrogen-bond acceptors (Lipinski definition) is 3. The van der Waals surface area contributed by atoms with Gasteiger partial charge in [-0.3, -0.25) is 0 Å². The van der Waals surface area contributed by atoms with Crippen LogP contribution in [0.2, 0.25) is 0 Å². The van der Waals surface area contributed by atoms with Crippen molar-refractivity contribution in [2.75, 3.05) is 12.4 Å². The lowest BCUT2D eigenvalue weighted by Gasteiger charge is -2.25. The van der Waals surface area contributed by atoms with Crippen LogP contribution in [0.4, 0.5) is 5.69 Å². The van der Waals surface area contributed by atoms with Gasteiger partial charge < -0.3 is 10.6 Å². The van der Waals surface area contributed by atoms with Crippen LogP contribution in [0.25, 0.3) is 0 Å². The minimum absolute atomic E-state index is 0.232. The van der Waals surface area contributed by atoms with E-state index in [1.807, 2.05) is 6.92 Å². The highest BCUT2D eigenvalue weighted by Gasteiger charge is 2.39. The zero-order valence-electron chi connectivity index (χ0n) is 13.4. The van der Waals surface area contributed by atoms with Crippen LogP contribution < -0.4 is 15.4 Å². The fraction of sp³-hybridized carbons (Fsp3) is 0.562. The van der Waals surface area contributed by atoms with Gasteiger partial charge in [0.05, 0.1) is 4.90 Å². The van der Waals surface area contributed by atoms with E-state index in [9.17, 15) is 8.42 Å². The third-order valence-corrected chi connectivity index (χ3v) is 6.72. The molecule has 3 rings (SSSR count). The first-order chi connectivity index (χ1) is 10.9. The molecule has 3 N–H and O–H groups in total. The SMILES string of the molecule is CNS(=O)(=O)c1ccc(C)c(NC(=S)N[C@@H]2C[C@H]3CC[C@H]2C3)c1. The molecule has 1 aromatic carbocycles. The van der Waals surface area contributed by atoms with Crippen LogP contribution in [-0.2, 0) is 10.0 Å². The van der Waals surface area contributed by atoms with E-state index in [1.165, 1.54) is 32.7 Å². The summed E-state index contributed by atoms with van der Waals surface area (Å²) in [6.45, 7) is 1.93. The molecule has 0 aromatic heterocycles. The molecule has 5 nitrogen and oxygen atoms in total. The lowest BCUT2D eigenvalue weighted by molar-refractivity contribution is 0.392. The molecule has 2 aliphatic carbocycles. The predicted molar refractivity (Wildman–Crippen MR) is 96.0 cm³/mol. The normalized spacial score (nSPS) is 26.3. The van der Waals surface area contributed by atoms with Crippen molar-refractivity contribution in [2.24, 2.45) is 11.8 Å². The number of anilines is 1. The Kier molecular flexibility index (Phi) is 4.62. The molecule has 2 fully saturated rings. The summed E-state index contributed by atoms with van der Waals surface area (Å²) in [5, 5.41) is 7.15. The second-order valence-corrected chi connectivity index (χ2v) is 8.86. The molecule has 2 saturated carbocycles. The maximum atomic E-state index is 11.9. The van der Waals surface area contributed by atoms with Crippen molar-refractivity contribution in [3.8, 4) is 0 Å². The number of benzene rings is 1. The Bertz CT molecular complexity index is 718. The van der Waals surface area contributed by atoms with Gasteiger partial charge in [0.2, 0.25) is 10.0 Å². The summed E-state index contributed by atoms with van der Waals surface area (Å²) >= 11 is 5.43. The summed E-state index contributed by atoms with van der Waals surface area (Å²) < 4.78 is 26.2. The average Bonchev–Trinajstić information content (AvgIpc) is 3.12. The van der Waals surface area contributed by atoms with Crippen LogP contribution in [0.3, 0.4) is 0 Å². The highest BCUT2D eigenvalue weighted by Crippen LogP contribution is 2.44. The lowest BCUT2D eigenvalue weighted by Crippen LogP contribution is -2.40. The molecule has 0 amide bonds. The van der Waals surface area contributed by atoms with Crippen molar-refractivity contribution >= 4 is 33.0 Å². The van der Waals surface area contributed by atoms with Gasteiger partial charge in [0.25, 0.3) is 0 Å². The van der Waals surface area contributed by atoms with Crippen LogP contribution in [0, 0.1) is 18.8 Å². The first-order valence-corrected chi connectivity index (χ1v) is 9.90. The van der Waals surface area contributed by atoms with E-state index >= 15 is 0 Å². The van der Waals surface area contributed by atoms with E-state index in [0.29, 0.717) is 11.2 Å². The quantitative estimate of drug-likeness (QED) is 0.725. The van der Waals surface area contributed by atoms with Gasteiger partial charge in [-0.15, -0.1) is 0 Å². The number of thiocarbonyl (C=S) groups is 1. The van der Waals surface area contributed by atoms with Gasteiger partial charge in [-0.1, -0.05) is 12.5 Å². The predicted octanol–water partition coefficient (Wildman–Crippen LogP) is 2.38. The maximum absolute atomic E-state index is 11.9. The zero-order valence-corrected chi connectivity index (χ0v) is 15.1. The molecule has 2 aliphatic rings. The van der Waals surface area contributed by atoms with Crippen molar-refractivity contribution in [2.45, 2.75) is 43.5 Å². The van der Waals surface area contributed by atoms with Crippen LogP contribution in [0.1, 0.15) is 31.2 Å². The standard InChI is InChI=1S/C16H23N3O2S2/c1-10-3-6-13(23(20,21)17-2)9-14(10)18-16(22)19-15-8-11-4-5-12(15)7-11/h3,6,9,11-12,15,17H,4-5,7-8H2,1-2H3,(H2,18,19,22)/t11-,12-,15+/m0/s1. The smallest absolute Gasteiger partial charge is 0.240 e. The van der Waals surface area contributed by atoms with Crippen LogP contribution in [0.15, 0.2) is 23.1 Å². The van der Waals surface area contributed by atoms with Gasteiger partial charge in [0.1, 0.15) is 0 Å². The number of sulfonamides is 1. The minimum atomic E-state index is -3.46. The molecule has 3 atom stereocenters. The first-order valence-electron chi connectivity index (χ1n) is 8.01. The molecule has 7 heteroatoms. The van der Waals surface area contributed by atoms with Gasteiger partial charge >= 0.3 is 0 Å². The molecule has 23 heavy (non-hydrogen) atoms. The molecule has 0 heterocycles. The Labute approximate surface area is 143 Å². The van der Waals surface area contributed by atoms with E-state index in [0.717, 1.165) is 23.1 Å². The molecule has 1 aromatic rings. The Hall–Kier alpha value is -1.18. The molecule has 0 saturated heterocycles. The van der Waals surface area contributed by atoms with E-state index in [2.05, 4.69) is 15.4 Å². The van der Waals surface area contributed by atoms with Gasteiger partial charge in [-0.25, -0.2) is 13.1 Å². The third kappa shape index (κ3) is 3.51. The fourth-order valence-corrected chi connectivity index (χ4v) is 4.79. The Morgan fingerprint density at radius 3 is 2.65 bits per heavy atom. The Morgan fingerprint density at radius 2 is 2.04 bits per heavy atom. The molecule has 2 bridgehead atoms. The summed E-state index contributed by atoms with van der Waals surface area (Å²) in [7, 11) is -2.05. The number of rotatable bonds is 4. The number of aryl methyl sites for hydroxylation is 1. The second-order valence-electron chi connectivity index (χ2n) is 6.56. The zero-order chi connectivity index (χ0) is 16.6. The second kappa shape index (κ2) is 6.37. The highest BCUT2D eigenvalue weighted by atomic mass is 32.2. The maximum Gasteiger partial charge on any atom is 0.240 e. The van der Waals surface area contributed by atoms with Crippen molar-refractivity contribution in [3.63, 3.8) is 0 Å². The number of nitrogens with one attached hydrogen (secondary N) is 3. The van der Waals surface area contributed by atoms with Crippen molar-refractivity contribution in [1.82, 2.24) is 10.0 Å². The molecule has 126 valence electrons. The summed E-state index contributed by atoms with van der Waals surface area (Å²) in [6, 6.07) is 5.46. The van der Waals surface area contributed by atoms with Crippen LogP contribution in [0.5, 0.6) is 0 Å². The van der Waals surface area contributed by atoms with Crippen LogP contribution in [-0.4, -0.2) is 26.6 Å². The third-order valence-electron chi connectivity index (χ3n) is 5.09. The van der Waals surface area contributed by atoms with Crippen LogP contribution >= 0.6 is 12.2 Å². The van der Waals surface area contributed by atoms with E-state index in [-0.39, 0.29) is 4.90 Å². The van der Waals surface area contributed by atoms with Gasteiger partial charge in [0.15, 0.2) is 5.11 Å². The van der Waals surface area contributed by atoms with Crippen molar-refractivity contribution in [3.05, 3.63) is 23.8 Å². The molecule has 0 unspecified atom stereocenters. The topological polar surface area (TPSA) is 70.2 Å². The average molecular weight is 354 g/mol. The summed E-state index contributed by atoms with van der Waals surface area (Å²) in [5.41, 5.74) is 1.68. The lowest BCUT2D eigenvalue weighted by atomic mass is 9.95. The summed E-state index contributed by atoms with van der Waals surface area (Å²) in [5.74, 6) is 1.59. The van der Waals surface area contributed by atoms with Gasteiger partial charge in [-0.2, -0.15) is 0 Å². The number of fused-ring (bicyclic) bond motifs is 2. The van der Waals surface area contributed by atoms with Gasteiger partial charge in [-0.05, 0) is 75.0 Å². The molecule has 0 aliphatic heterocycles. The van der Waals surface area contributed by atoms with E-state index < -0.39 is 10.0 Å².